The molecule has 0 aliphatic heterocycles. The second-order valence-corrected chi connectivity index (χ2v) is 6.87. The number of benzene rings is 1. The van der Waals surface area contributed by atoms with E-state index in [2.05, 4.69) is 26.1 Å². The number of rotatable bonds is 6. The fraction of sp³-hybridized carbons (Fsp3) is 0.421. The van der Waals surface area contributed by atoms with Crippen LogP contribution in [0.15, 0.2) is 47.3 Å². The monoisotopic (exact) mass is 315 g/mol. The quantitative estimate of drug-likeness (QED) is 0.884. The van der Waals surface area contributed by atoms with Crippen LogP contribution in [0.1, 0.15) is 38.8 Å². The summed E-state index contributed by atoms with van der Waals surface area (Å²) in [6.07, 6.45) is 4.06. The van der Waals surface area contributed by atoms with Crippen molar-refractivity contribution >= 4 is 5.91 Å². The van der Waals surface area contributed by atoms with Gasteiger partial charge in [-0.1, -0.05) is 32.9 Å². The van der Waals surface area contributed by atoms with E-state index in [0.29, 0.717) is 5.75 Å². The van der Waals surface area contributed by atoms with Crippen LogP contribution in [0.25, 0.3) is 0 Å². The van der Waals surface area contributed by atoms with Crippen molar-refractivity contribution < 1.29 is 13.9 Å². The van der Waals surface area contributed by atoms with Gasteiger partial charge in [0.15, 0.2) is 6.61 Å². The summed E-state index contributed by atoms with van der Waals surface area (Å²) in [6.45, 7) is 8.47. The van der Waals surface area contributed by atoms with Gasteiger partial charge in [-0.15, -0.1) is 0 Å². The second kappa shape index (κ2) is 7.36. The van der Waals surface area contributed by atoms with Gasteiger partial charge in [0, 0.05) is 6.04 Å². The zero-order chi connectivity index (χ0) is 16.9. The SMILES string of the molecule is CC(Cc1ccoc1)NC(=O)COc1ccc(C(C)(C)C)cc1. The molecule has 0 fully saturated rings. The van der Waals surface area contributed by atoms with Crippen LogP contribution in [-0.4, -0.2) is 18.6 Å². The van der Waals surface area contributed by atoms with E-state index in [4.69, 9.17) is 9.15 Å². The Hall–Kier alpha value is -2.23. The normalized spacial score (nSPS) is 12.7. The Morgan fingerprint density at radius 2 is 1.91 bits per heavy atom. The lowest BCUT2D eigenvalue weighted by Crippen LogP contribution is -2.37. The smallest absolute Gasteiger partial charge is 0.258 e. The molecular weight excluding hydrogens is 290 g/mol. The van der Waals surface area contributed by atoms with Crippen LogP contribution in [0.5, 0.6) is 5.75 Å². The topological polar surface area (TPSA) is 51.5 Å². The minimum Gasteiger partial charge on any atom is -0.484 e. The van der Waals surface area contributed by atoms with Crippen LogP contribution in [-0.2, 0) is 16.6 Å². The molecule has 1 aromatic heterocycles. The maximum Gasteiger partial charge on any atom is 0.258 e. The molecule has 1 atom stereocenters. The first-order chi connectivity index (χ1) is 10.8. The Morgan fingerprint density at radius 1 is 1.22 bits per heavy atom. The van der Waals surface area contributed by atoms with Gasteiger partial charge in [0.05, 0.1) is 12.5 Å². The average Bonchev–Trinajstić information content (AvgIpc) is 2.97. The highest BCUT2D eigenvalue weighted by atomic mass is 16.5. The second-order valence-electron chi connectivity index (χ2n) is 6.87. The maximum atomic E-state index is 11.9. The Bertz CT molecular complexity index is 609. The zero-order valence-corrected chi connectivity index (χ0v) is 14.3. The van der Waals surface area contributed by atoms with E-state index < -0.39 is 0 Å². The minimum absolute atomic E-state index is 0.0184. The van der Waals surface area contributed by atoms with E-state index in [0.717, 1.165) is 12.0 Å². The summed E-state index contributed by atoms with van der Waals surface area (Å²) in [6, 6.07) is 9.82. The van der Waals surface area contributed by atoms with Crippen molar-refractivity contribution in [1.29, 1.82) is 0 Å². The number of ether oxygens (including phenoxy) is 1. The molecule has 0 radical (unpaired) electrons. The van der Waals surface area contributed by atoms with Crippen LogP contribution < -0.4 is 10.1 Å². The largest absolute Gasteiger partial charge is 0.484 e. The molecule has 1 N–H and O–H groups in total. The molecule has 0 aliphatic rings. The number of furan rings is 1. The van der Waals surface area contributed by atoms with E-state index in [1.807, 2.05) is 37.3 Å². The molecule has 0 saturated heterocycles. The Morgan fingerprint density at radius 3 is 2.48 bits per heavy atom. The van der Waals surface area contributed by atoms with Crippen molar-refractivity contribution in [3.05, 3.63) is 54.0 Å². The molecule has 2 aromatic rings. The molecule has 23 heavy (non-hydrogen) atoms. The lowest BCUT2D eigenvalue weighted by atomic mass is 9.87. The van der Waals surface area contributed by atoms with Crippen molar-refractivity contribution in [3.63, 3.8) is 0 Å². The molecule has 4 nitrogen and oxygen atoms in total. The molecule has 4 heteroatoms. The average molecular weight is 315 g/mol. The molecular formula is C19H25NO3. The van der Waals surface area contributed by atoms with Gasteiger partial charge in [0.1, 0.15) is 5.75 Å². The summed E-state index contributed by atoms with van der Waals surface area (Å²) < 4.78 is 10.6. The summed E-state index contributed by atoms with van der Waals surface area (Å²) in [5, 5.41) is 2.92. The van der Waals surface area contributed by atoms with Gasteiger partial charge in [0.2, 0.25) is 0 Å². The van der Waals surface area contributed by atoms with Crippen LogP contribution in [0, 0.1) is 0 Å². The Balaban J connectivity index is 1.77. The first-order valence-corrected chi connectivity index (χ1v) is 7.88. The van der Waals surface area contributed by atoms with Crippen molar-refractivity contribution in [2.24, 2.45) is 0 Å². The summed E-state index contributed by atoms with van der Waals surface area (Å²) in [5.41, 5.74) is 2.41. The van der Waals surface area contributed by atoms with Crippen LogP contribution in [0.2, 0.25) is 0 Å². The van der Waals surface area contributed by atoms with E-state index in [9.17, 15) is 4.79 Å². The molecule has 124 valence electrons. The van der Waals surface area contributed by atoms with Crippen molar-refractivity contribution in [3.8, 4) is 5.75 Å². The van der Waals surface area contributed by atoms with Crippen LogP contribution >= 0.6 is 0 Å². The Labute approximate surface area is 137 Å². The number of nitrogens with one attached hydrogen (secondary N) is 1. The number of amides is 1. The molecule has 2 rings (SSSR count). The summed E-state index contributed by atoms with van der Waals surface area (Å²) >= 11 is 0. The van der Waals surface area contributed by atoms with E-state index >= 15 is 0 Å². The lowest BCUT2D eigenvalue weighted by Gasteiger charge is -2.19. The maximum absolute atomic E-state index is 11.9. The number of carbonyl (C=O) groups excluding carboxylic acids is 1. The predicted molar refractivity (Wildman–Crippen MR) is 90.7 cm³/mol. The summed E-state index contributed by atoms with van der Waals surface area (Å²) in [4.78, 5) is 11.9. The van der Waals surface area contributed by atoms with Gasteiger partial charge in [-0.05, 0) is 48.1 Å². The first kappa shape index (κ1) is 17.1. The summed E-state index contributed by atoms with van der Waals surface area (Å²) in [7, 11) is 0. The lowest BCUT2D eigenvalue weighted by molar-refractivity contribution is -0.123. The highest BCUT2D eigenvalue weighted by Crippen LogP contribution is 2.24. The highest BCUT2D eigenvalue weighted by molar-refractivity contribution is 5.77. The van der Waals surface area contributed by atoms with Crippen LogP contribution in [0.3, 0.4) is 0 Å². The molecule has 0 aliphatic carbocycles. The van der Waals surface area contributed by atoms with Gasteiger partial charge in [-0.25, -0.2) is 0 Å². The summed E-state index contributed by atoms with van der Waals surface area (Å²) in [5.74, 6) is 0.580. The predicted octanol–water partition coefficient (Wildman–Crippen LogP) is 3.70. The van der Waals surface area contributed by atoms with E-state index in [1.54, 1.807) is 12.5 Å². The fourth-order valence-electron chi connectivity index (χ4n) is 2.33. The molecule has 1 heterocycles. The number of hydrogen-bond acceptors (Lipinski definition) is 3. The van der Waals surface area contributed by atoms with Gasteiger partial charge >= 0.3 is 0 Å². The van der Waals surface area contributed by atoms with Crippen molar-refractivity contribution in [2.75, 3.05) is 6.61 Å². The van der Waals surface area contributed by atoms with Gasteiger partial charge < -0.3 is 14.5 Å². The van der Waals surface area contributed by atoms with E-state index in [-0.39, 0.29) is 24.0 Å². The third kappa shape index (κ3) is 5.47. The van der Waals surface area contributed by atoms with Gasteiger partial charge in [0.25, 0.3) is 5.91 Å². The minimum atomic E-state index is -0.124. The van der Waals surface area contributed by atoms with Crippen molar-refractivity contribution in [2.45, 2.75) is 45.6 Å². The van der Waals surface area contributed by atoms with Gasteiger partial charge in [-0.3, -0.25) is 4.79 Å². The first-order valence-electron chi connectivity index (χ1n) is 7.88. The molecule has 0 bridgehead atoms. The molecule has 1 unspecified atom stereocenters. The molecule has 0 spiro atoms. The zero-order valence-electron chi connectivity index (χ0n) is 14.3. The molecule has 1 amide bonds. The third-order valence-electron chi connectivity index (χ3n) is 3.62. The third-order valence-corrected chi connectivity index (χ3v) is 3.62. The van der Waals surface area contributed by atoms with Gasteiger partial charge in [-0.2, -0.15) is 0 Å². The highest BCUT2D eigenvalue weighted by Gasteiger charge is 2.13. The molecule has 1 aromatic carbocycles. The van der Waals surface area contributed by atoms with Crippen LogP contribution in [0.4, 0.5) is 0 Å². The molecule has 0 saturated carbocycles. The Kier molecular flexibility index (Phi) is 5.48. The number of carbonyl (C=O) groups is 1. The fourth-order valence-corrected chi connectivity index (χ4v) is 2.33. The standard InChI is InChI=1S/C19H25NO3/c1-14(11-15-9-10-22-12-15)20-18(21)13-23-17-7-5-16(6-8-17)19(2,3)4/h5-10,12,14H,11,13H2,1-4H3,(H,20,21). The number of hydrogen-bond donors (Lipinski definition) is 1. The van der Waals surface area contributed by atoms with E-state index in [1.165, 1.54) is 5.56 Å². The van der Waals surface area contributed by atoms with Crippen molar-refractivity contribution in [1.82, 2.24) is 5.32 Å².